The number of alkyl halides is 3. The molecule has 1 aliphatic rings. The third-order valence-electron chi connectivity index (χ3n) is 5.67. The Morgan fingerprint density at radius 2 is 2.06 bits per heavy atom. The molecule has 0 saturated carbocycles. The molecule has 33 heavy (non-hydrogen) atoms. The number of amides is 1. The van der Waals surface area contributed by atoms with E-state index in [2.05, 4.69) is 25.6 Å². The summed E-state index contributed by atoms with van der Waals surface area (Å²) in [6.45, 7) is 2.84. The summed E-state index contributed by atoms with van der Waals surface area (Å²) in [6.07, 6.45) is 0.0557. The lowest BCUT2D eigenvalue weighted by molar-refractivity contribution is -0.141. The minimum atomic E-state index is -4.55. The van der Waals surface area contributed by atoms with Gasteiger partial charge in [0.25, 0.3) is 0 Å². The Labute approximate surface area is 192 Å². The first-order valence-electron chi connectivity index (χ1n) is 10.4. The summed E-state index contributed by atoms with van der Waals surface area (Å²) in [4.78, 5) is 24.8. The first-order chi connectivity index (χ1) is 15.7. The maximum atomic E-state index is 13.0. The highest BCUT2D eigenvalue weighted by atomic mass is 32.1. The number of aromatic nitrogens is 3. The van der Waals surface area contributed by atoms with Gasteiger partial charge in [0.2, 0.25) is 11.9 Å². The van der Waals surface area contributed by atoms with E-state index >= 15 is 0 Å². The highest BCUT2D eigenvalue weighted by molar-refractivity contribution is 7.15. The quantitative estimate of drug-likeness (QED) is 0.511. The highest BCUT2D eigenvalue weighted by Gasteiger charge is 2.36. The zero-order valence-corrected chi connectivity index (χ0v) is 18.7. The molecule has 1 amide bonds. The number of nitrogens with one attached hydrogen (secondary N) is 2. The van der Waals surface area contributed by atoms with E-state index in [0.717, 1.165) is 39.7 Å². The lowest BCUT2D eigenvalue weighted by Crippen LogP contribution is -2.35. The normalized spacial score (nSPS) is 19.1. The Morgan fingerprint density at radius 3 is 2.82 bits per heavy atom. The predicted molar refractivity (Wildman–Crippen MR) is 120 cm³/mol. The van der Waals surface area contributed by atoms with Crippen molar-refractivity contribution in [2.75, 3.05) is 18.4 Å². The van der Waals surface area contributed by atoms with Gasteiger partial charge in [-0.15, -0.1) is 11.3 Å². The van der Waals surface area contributed by atoms with Gasteiger partial charge in [0.05, 0.1) is 4.88 Å². The summed E-state index contributed by atoms with van der Waals surface area (Å²) in [5.74, 6) is -0.114. The van der Waals surface area contributed by atoms with Crippen LogP contribution in [0, 0.1) is 6.92 Å². The van der Waals surface area contributed by atoms with Crippen LogP contribution >= 0.6 is 11.3 Å². The second-order valence-corrected chi connectivity index (χ2v) is 9.12. The lowest BCUT2D eigenvalue weighted by Gasteiger charge is -2.28. The van der Waals surface area contributed by atoms with Crippen molar-refractivity contribution >= 4 is 28.9 Å². The second-order valence-electron chi connectivity index (χ2n) is 8.09. The lowest BCUT2D eigenvalue weighted by atomic mass is 9.81. The largest absolute Gasteiger partial charge is 0.433 e. The van der Waals surface area contributed by atoms with Crippen molar-refractivity contribution in [2.24, 2.45) is 5.73 Å². The Kier molecular flexibility index (Phi) is 6.35. The van der Waals surface area contributed by atoms with Gasteiger partial charge in [-0.25, -0.2) is 15.0 Å². The molecule has 0 spiro atoms. The number of thiazole rings is 1. The Hall–Kier alpha value is -3.05. The molecule has 1 aliphatic heterocycles. The number of benzene rings is 1. The number of nitrogens with zero attached hydrogens (tertiary/aromatic N) is 3. The number of carbonyl (C=O) groups excluding carboxylic acids is 1. The summed E-state index contributed by atoms with van der Waals surface area (Å²) >= 11 is 1.52. The molecule has 3 aromatic rings. The maximum Gasteiger partial charge on any atom is 0.433 e. The Balaban J connectivity index is 1.61. The SMILES string of the molecule is Cc1cc(Nc2nccc(C(F)(F)F)n2)cc(-c2cnc(C3(CN)CCNC(=O)CC3)s2)c1. The van der Waals surface area contributed by atoms with E-state index in [4.69, 9.17) is 5.73 Å². The summed E-state index contributed by atoms with van der Waals surface area (Å²) < 4.78 is 38.9. The molecule has 1 unspecified atom stereocenters. The molecule has 3 heterocycles. The molecule has 11 heteroatoms. The van der Waals surface area contributed by atoms with Gasteiger partial charge in [-0.3, -0.25) is 4.79 Å². The van der Waals surface area contributed by atoms with E-state index in [1.807, 2.05) is 19.1 Å². The molecule has 1 saturated heterocycles. The Bertz CT molecular complexity index is 1170. The number of aryl methyl sites for hydroxylation is 1. The highest BCUT2D eigenvalue weighted by Crippen LogP contribution is 2.39. The number of carbonyl (C=O) groups is 1. The van der Waals surface area contributed by atoms with Gasteiger partial charge in [0.1, 0.15) is 10.7 Å². The van der Waals surface area contributed by atoms with Gasteiger partial charge in [-0.2, -0.15) is 13.2 Å². The molecule has 2 aromatic heterocycles. The smallest absolute Gasteiger partial charge is 0.356 e. The fourth-order valence-electron chi connectivity index (χ4n) is 3.87. The van der Waals surface area contributed by atoms with Crippen LogP contribution in [0.15, 0.2) is 36.7 Å². The zero-order chi connectivity index (χ0) is 23.6. The van der Waals surface area contributed by atoms with E-state index in [1.165, 1.54) is 11.3 Å². The van der Waals surface area contributed by atoms with Crippen molar-refractivity contribution in [3.05, 3.63) is 52.9 Å². The van der Waals surface area contributed by atoms with Gasteiger partial charge < -0.3 is 16.4 Å². The van der Waals surface area contributed by atoms with Crippen LogP contribution in [0.25, 0.3) is 10.4 Å². The van der Waals surface area contributed by atoms with Crippen molar-refractivity contribution in [1.82, 2.24) is 20.3 Å². The topological polar surface area (TPSA) is 106 Å². The predicted octanol–water partition coefficient (Wildman–Crippen LogP) is 4.17. The van der Waals surface area contributed by atoms with Crippen molar-refractivity contribution in [2.45, 2.75) is 37.8 Å². The van der Waals surface area contributed by atoms with E-state index in [-0.39, 0.29) is 17.3 Å². The monoisotopic (exact) mass is 476 g/mol. The molecular weight excluding hydrogens is 453 g/mol. The van der Waals surface area contributed by atoms with Gasteiger partial charge in [-0.1, -0.05) is 6.07 Å². The average Bonchev–Trinajstić information content (AvgIpc) is 3.18. The third kappa shape index (κ3) is 5.14. The van der Waals surface area contributed by atoms with Crippen LogP contribution < -0.4 is 16.4 Å². The van der Waals surface area contributed by atoms with E-state index < -0.39 is 11.9 Å². The van der Waals surface area contributed by atoms with E-state index in [1.54, 1.807) is 12.3 Å². The molecule has 0 aliphatic carbocycles. The summed E-state index contributed by atoms with van der Waals surface area (Å²) in [6, 6.07) is 6.43. The summed E-state index contributed by atoms with van der Waals surface area (Å²) in [5.41, 5.74) is 7.10. The van der Waals surface area contributed by atoms with Gasteiger partial charge in [0, 0.05) is 43.0 Å². The molecule has 1 atom stereocenters. The van der Waals surface area contributed by atoms with Crippen LogP contribution in [0.3, 0.4) is 0 Å². The van der Waals surface area contributed by atoms with E-state index in [0.29, 0.717) is 31.6 Å². The number of halogens is 3. The van der Waals surface area contributed by atoms with Crippen LogP contribution in [-0.2, 0) is 16.4 Å². The number of anilines is 2. The molecule has 1 fully saturated rings. The molecule has 4 rings (SSSR count). The van der Waals surface area contributed by atoms with Crippen LogP contribution in [0.2, 0.25) is 0 Å². The van der Waals surface area contributed by atoms with Crippen LogP contribution in [0.1, 0.15) is 35.5 Å². The minimum Gasteiger partial charge on any atom is -0.356 e. The van der Waals surface area contributed by atoms with Gasteiger partial charge >= 0.3 is 6.18 Å². The van der Waals surface area contributed by atoms with Crippen LogP contribution in [0.5, 0.6) is 0 Å². The number of nitrogens with two attached hydrogens (primary N) is 1. The second kappa shape index (κ2) is 9.06. The minimum absolute atomic E-state index is 0.0216. The van der Waals surface area contributed by atoms with Crippen LogP contribution in [0.4, 0.5) is 24.8 Å². The number of rotatable bonds is 5. The average molecular weight is 477 g/mol. The fraction of sp³-hybridized carbons (Fsp3) is 0.364. The molecule has 4 N–H and O–H groups in total. The Morgan fingerprint density at radius 1 is 1.24 bits per heavy atom. The first kappa shape index (κ1) is 23.1. The van der Waals surface area contributed by atoms with Crippen molar-refractivity contribution in [3.63, 3.8) is 0 Å². The number of hydrogen-bond donors (Lipinski definition) is 3. The molecule has 174 valence electrons. The summed E-state index contributed by atoms with van der Waals surface area (Å²) in [7, 11) is 0. The summed E-state index contributed by atoms with van der Waals surface area (Å²) in [5, 5.41) is 6.63. The first-order valence-corrected chi connectivity index (χ1v) is 11.2. The molecule has 1 aromatic carbocycles. The van der Waals surface area contributed by atoms with Gasteiger partial charge in [0.15, 0.2) is 0 Å². The fourth-order valence-corrected chi connectivity index (χ4v) is 5.03. The molecule has 7 nitrogen and oxygen atoms in total. The van der Waals surface area contributed by atoms with Gasteiger partial charge in [-0.05, 0) is 49.1 Å². The van der Waals surface area contributed by atoms with Crippen molar-refractivity contribution in [3.8, 4) is 10.4 Å². The standard InChI is InChI=1S/C22H23F3N6OS/c1-13-8-14(10-15(9-13)30-20-28-6-3-17(31-20)22(23,24)25)16-11-29-19(33-16)21(12-26)4-2-18(32)27-7-5-21/h3,6,8-11H,2,4-5,7,12,26H2,1H3,(H,27,32)(H,28,30,31). The van der Waals surface area contributed by atoms with Crippen molar-refractivity contribution in [1.29, 1.82) is 0 Å². The molecular formula is C22H23F3N6OS. The maximum absolute atomic E-state index is 13.0. The zero-order valence-electron chi connectivity index (χ0n) is 17.9. The van der Waals surface area contributed by atoms with Crippen LogP contribution in [-0.4, -0.2) is 33.9 Å². The third-order valence-corrected chi connectivity index (χ3v) is 6.96. The number of hydrogen-bond acceptors (Lipinski definition) is 7. The van der Waals surface area contributed by atoms with Crippen molar-refractivity contribution < 1.29 is 18.0 Å². The molecule has 0 radical (unpaired) electrons. The van der Waals surface area contributed by atoms with E-state index in [9.17, 15) is 18.0 Å². The molecule has 0 bridgehead atoms.